The monoisotopic (exact) mass is 362 g/mol. The Balaban J connectivity index is 2.11. The highest BCUT2D eigenvalue weighted by Gasteiger charge is 2.24. The molecule has 1 aromatic rings. The van der Waals surface area contributed by atoms with Crippen molar-refractivity contribution in [3.63, 3.8) is 0 Å². The van der Waals surface area contributed by atoms with E-state index in [1.807, 2.05) is 52.0 Å². The van der Waals surface area contributed by atoms with Gasteiger partial charge in [-0.1, -0.05) is 24.3 Å². The van der Waals surface area contributed by atoms with Crippen LogP contribution in [0.2, 0.25) is 0 Å². The number of allylic oxidation sites excluding steroid dienone is 1. The highest BCUT2D eigenvalue weighted by Crippen LogP contribution is 2.31. The minimum Gasteiger partial charge on any atom is -0.490 e. The second-order valence-corrected chi connectivity index (χ2v) is 6.60. The van der Waals surface area contributed by atoms with Crippen molar-refractivity contribution < 1.29 is 23.7 Å². The number of rotatable bonds is 11. The number of carbonyl (C=O) groups excluding carboxylic acids is 1. The van der Waals surface area contributed by atoms with Crippen molar-refractivity contribution in [2.75, 3.05) is 19.8 Å². The van der Waals surface area contributed by atoms with Crippen molar-refractivity contribution in [2.24, 2.45) is 0 Å². The number of esters is 1. The molecular weight excluding hydrogens is 332 g/mol. The van der Waals surface area contributed by atoms with E-state index in [4.69, 9.17) is 18.9 Å². The summed E-state index contributed by atoms with van der Waals surface area (Å²) in [4.78, 5) is 11.5. The molecule has 5 nitrogen and oxygen atoms in total. The largest absolute Gasteiger partial charge is 0.490 e. The van der Waals surface area contributed by atoms with E-state index in [2.05, 4.69) is 6.07 Å². The molecule has 144 valence electrons. The molecule has 5 heteroatoms. The number of benzene rings is 1. The summed E-state index contributed by atoms with van der Waals surface area (Å²) in [5, 5.41) is 0. The summed E-state index contributed by atoms with van der Waals surface area (Å²) in [7, 11) is 0. The molecule has 0 N–H and O–H groups in total. The standard InChI is InChI=1S/C21H30O5/c1-5-23-21(22)12-7-6-9-19-18(16(4)24-13-17-14-25-17)10-8-11-20(19)26-15(2)3/h6,8-11,15-17H,5,7,12-14H2,1-4H3/b9-6+/t16-,17+/m1/s1. The third kappa shape index (κ3) is 6.81. The summed E-state index contributed by atoms with van der Waals surface area (Å²) in [5.74, 6) is 0.647. The Morgan fingerprint density at radius 3 is 2.77 bits per heavy atom. The molecule has 0 unspecified atom stereocenters. The van der Waals surface area contributed by atoms with Crippen LogP contribution in [0.1, 0.15) is 57.8 Å². The van der Waals surface area contributed by atoms with Crippen LogP contribution in [-0.4, -0.2) is 38.0 Å². The highest BCUT2D eigenvalue weighted by molar-refractivity contribution is 5.70. The smallest absolute Gasteiger partial charge is 0.306 e. The first-order chi connectivity index (χ1) is 12.5. The molecule has 2 atom stereocenters. The van der Waals surface area contributed by atoms with Crippen molar-refractivity contribution in [1.82, 2.24) is 0 Å². The number of epoxide rings is 1. The molecule has 0 amide bonds. The lowest BCUT2D eigenvalue weighted by Crippen LogP contribution is -2.10. The fourth-order valence-electron chi connectivity index (χ4n) is 2.59. The molecule has 2 rings (SSSR count). The van der Waals surface area contributed by atoms with E-state index >= 15 is 0 Å². The molecule has 0 radical (unpaired) electrons. The first-order valence-corrected chi connectivity index (χ1v) is 9.36. The topological polar surface area (TPSA) is 57.3 Å². The first-order valence-electron chi connectivity index (χ1n) is 9.36. The van der Waals surface area contributed by atoms with Gasteiger partial charge in [-0.05, 0) is 45.7 Å². The van der Waals surface area contributed by atoms with Crippen molar-refractivity contribution in [2.45, 2.75) is 58.8 Å². The summed E-state index contributed by atoms with van der Waals surface area (Å²) in [6.45, 7) is 9.65. The zero-order valence-corrected chi connectivity index (χ0v) is 16.2. The minimum atomic E-state index is -0.176. The van der Waals surface area contributed by atoms with Crippen LogP contribution in [0.5, 0.6) is 5.75 Å². The van der Waals surface area contributed by atoms with Crippen LogP contribution >= 0.6 is 0 Å². The predicted octanol–water partition coefficient (Wildman–Crippen LogP) is 4.31. The molecule has 1 aliphatic heterocycles. The van der Waals surface area contributed by atoms with E-state index in [-0.39, 0.29) is 24.3 Å². The lowest BCUT2D eigenvalue weighted by molar-refractivity contribution is -0.142. The third-order valence-corrected chi connectivity index (χ3v) is 3.94. The first kappa shape index (κ1) is 20.5. The van der Waals surface area contributed by atoms with E-state index < -0.39 is 0 Å². The third-order valence-electron chi connectivity index (χ3n) is 3.94. The summed E-state index contributed by atoms with van der Waals surface area (Å²) in [5.41, 5.74) is 2.06. The second-order valence-electron chi connectivity index (χ2n) is 6.60. The zero-order chi connectivity index (χ0) is 18.9. The van der Waals surface area contributed by atoms with Crippen molar-refractivity contribution in [1.29, 1.82) is 0 Å². The van der Waals surface area contributed by atoms with Crippen LogP contribution in [0.25, 0.3) is 6.08 Å². The molecule has 0 aliphatic carbocycles. The molecule has 1 aliphatic rings. The Hall–Kier alpha value is -1.85. The van der Waals surface area contributed by atoms with E-state index in [0.29, 0.717) is 26.1 Å². The maximum absolute atomic E-state index is 11.5. The van der Waals surface area contributed by atoms with Crippen LogP contribution in [0.3, 0.4) is 0 Å². The lowest BCUT2D eigenvalue weighted by Gasteiger charge is -2.19. The van der Waals surface area contributed by atoms with Gasteiger partial charge in [0.1, 0.15) is 11.9 Å². The van der Waals surface area contributed by atoms with Gasteiger partial charge in [-0.25, -0.2) is 0 Å². The van der Waals surface area contributed by atoms with Gasteiger partial charge in [0.25, 0.3) is 0 Å². The number of ether oxygens (including phenoxy) is 4. The van der Waals surface area contributed by atoms with Gasteiger partial charge in [0, 0.05) is 12.0 Å². The van der Waals surface area contributed by atoms with Crippen LogP contribution in [-0.2, 0) is 19.0 Å². The molecule has 1 saturated heterocycles. The van der Waals surface area contributed by atoms with Crippen molar-refractivity contribution >= 4 is 12.0 Å². The summed E-state index contributed by atoms with van der Waals surface area (Å²) < 4.78 is 22.1. The fraction of sp³-hybridized carbons (Fsp3) is 0.571. The summed E-state index contributed by atoms with van der Waals surface area (Å²) in [6.07, 6.45) is 5.24. The minimum absolute atomic E-state index is 0.0698. The van der Waals surface area contributed by atoms with E-state index in [9.17, 15) is 4.79 Å². The molecule has 1 aromatic carbocycles. The Kier molecular flexibility index (Phi) is 8.13. The fourth-order valence-corrected chi connectivity index (χ4v) is 2.59. The van der Waals surface area contributed by atoms with Crippen LogP contribution < -0.4 is 4.74 Å². The maximum Gasteiger partial charge on any atom is 0.306 e. The van der Waals surface area contributed by atoms with Gasteiger partial charge in [-0.2, -0.15) is 0 Å². The van der Waals surface area contributed by atoms with Gasteiger partial charge in [0.2, 0.25) is 0 Å². The Labute approximate surface area is 156 Å². The van der Waals surface area contributed by atoms with Gasteiger partial charge in [0.05, 0.1) is 32.0 Å². The maximum atomic E-state index is 11.5. The molecule has 0 aromatic heterocycles. The average Bonchev–Trinajstić information content (AvgIpc) is 3.41. The van der Waals surface area contributed by atoms with Gasteiger partial charge >= 0.3 is 5.97 Å². The summed E-state index contributed by atoms with van der Waals surface area (Å²) >= 11 is 0. The molecule has 0 saturated carbocycles. The average molecular weight is 362 g/mol. The Morgan fingerprint density at radius 2 is 2.12 bits per heavy atom. The Bertz CT molecular complexity index is 604. The SMILES string of the molecule is CCOC(=O)CC/C=C/c1c(OC(C)C)cccc1[C@@H](C)OC[C@H]1CO1. The predicted molar refractivity (Wildman–Crippen MR) is 101 cm³/mol. The molecule has 1 fully saturated rings. The van der Waals surface area contributed by atoms with E-state index in [1.54, 1.807) is 0 Å². The van der Waals surface area contributed by atoms with Crippen LogP contribution in [0.4, 0.5) is 0 Å². The molecule has 0 bridgehead atoms. The zero-order valence-electron chi connectivity index (χ0n) is 16.2. The number of carbonyl (C=O) groups is 1. The van der Waals surface area contributed by atoms with Crippen molar-refractivity contribution in [3.05, 3.63) is 35.4 Å². The second kappa shape index (κ2) is 10.3. The van der Waals surface area contributed by atoms with Crippen LogP contribution in [0, 0.1) is 0 Å². The van der Waals surface area contributed by atoms with E-state index in [0.717, 1.165) is 23.5 Å². The van der Waals surface area contributed by atoms with Crippen LogP contribution in [0.15, 0.2) is 24.3 Å². The van der Waals surface area contributed by atoms with E-state index in [1.165, 1.54) is 0 Å². The number of hydrogen-bond acceptors (Lipinski definition) is 5. The van der Waals surface area contributed by atoms with Gasteiger partial charge < -0.3 is 18.9 Å². The molecule has 1 heterocycles. The normalized spacial score (nSPS) is 17.5. The van der Waals surface area contributed by atoms with Gasteiger partial charge in [0.15, 0.2) is 0 Å². The lowest BCUT2D eigenvalue weighted by atomic mass is 10.0. The highest BCUT2D eigenvalue weighted by atomic mass is 16.6. The van der Waals surface area contributed by atoms with Gasteiger partial charge in [-0.3, -0.25) is 4.79 Å². The Morgan fingerprint density at radius 1 is 1.35 bits per heavy atom. The summed E-state index contributed by atoms with van der Waals surface area (Å²) in [6, 6.07) is 6.00. The molecule has 26 heavy (non-hydrogen) atoms. The molecule has 0 spiro atoms. The number of hydrogen-bond donors (Lipinski definition) is 0. The van der Waals surface area contributed by atoms with Crippen molar-refractivity contribution in [3.8, 4) is 5.75 Å². The quantitative estimate of drug-likeness (QED) is 0.434. The molecular formula is C21H30O5. The van der Waals surface area contributed by atoms with Gasteiger partial charge in [-0.15, -0.1) is 0 Å².